The third-order valence-corrected chi connectivity index (χ3v) is 3.50. The van der Waals surface area contributed by atoms with E-state index in [1.54, 1.807) is 4.68 Å². The zero-order valence-corrected chi connectivity index (χ0v) is 11.1. The van der Waals surface area contributed by atoms with Crippen molar-refractivity contribution in [1.82, 2.24) is 14.7 Å². The molecule has 17 heavy (non-hydrogen) atoms. The van der Waals surface area contributed by atoms with Crippen LogP contribution in [0.1, 0.15) is 32.4 Å². The molecule has 0 spiro atoms. The summed E-state index contributed by atoms with van der Waals surface area (Å²) >= 11 is 0. The lowest BCUT2D eigenvalue weighted by atomic mass is 9.88. The van der Waals surface area contributed by atoms with E-state index in [0.29, 0.717) is 5.92 Å². The fourth-order valence-corrected chi connectivity index (χ4v) is 2.54. The molecule has 0 aliphatic carbocycles. The summed E-state index contributed by atoms with van der Waals surface area (Å²) in [7, 11) is 1.89. The number of nitrogens with zero attached hydrogens (tertiary/aromatic N) is 3. The van der Waals surface area contributed by atoms with Crippen LogP contribution in [0.4, 0.5) is 0 Å². The number of rotatable bonds is 3. The van der Waals surface area contributed by atoms with Crippen molar-refractivity contribution in [3.8, 4) is 0 Å². The molecule has 1 aromatic rings. The van der Waals surface area contributed by atoms with Gasteiger partial charge in [-0.25, -0.2) is 0 Å². The zero-order chi connectivity index (χ0) is 12.5. The first-order chi connectivity index (χ1) is 7.99. The predicted octanol–water partition coefficient (Wildman–Crippen LogP) is 1.36. The van der Waals surface area contributed by atoms with Gasteiger partial charge in [0.05, 0.1) is 5.69 Å². The Hall–Kier alpha value is -0.870. The van der Waals surface area contributed by atoms with Crippen LogP contribution in [0.15, 0.2) is 12.3 Å². The summed E-state index contributed by atoms with van der Waals surface area (Å²) in [5, 5.41) is 14.9. The van der Waals surface area contributed by atoms with Crippen LogP contribution in [0.2, 0.25) is 0 Å². The SMILES string of the molecule is CC(C)CN1CCC(O)(c2ccn(C)n2)CC1. The van der Waals surface area contributed by atoms with E-state index in [-0.39, 0.29) is 0 Å². The van der Waals surface area contributed by atoms with Gasteiger partial charge in [0.2, 0.25) is 0 Å². The quantitative estimate of drug-likeness (QED) is 0.863. The summed E-state index contributed by atoms with van der Waals surface area (Å²) in [6.07, 6.45) is 3.47. The minimum Gasteiger partial charge on any atom is -0.383 e. The molecule has 1 aliphatic heterocycles. The Balaban J connectivity index is 1.97. The third-order valence-electron chi connectivity index (χ3n) is 3.50. The van der Waals surface area contributed by atoms with Gasteiger partial charge in [-0.1, -0.05) is 13.8 Å². The van der Waals surface area contributed by atoms with Gasteiger partial charge in [0.25, 0.3) is 0 Å². The Kier molecular flexibility index (Phi) is 3.54. The minimum atomic E-state index is -0.714. The highest BCUT2D eigenvalue weighted by atomic mass is 16.3. The summed E-state index contributed by atoms with van der Waals surface area (Å²) in [6, 6.07) is 1.93. The van der Waals surface area contributed by atoms with E-state index >= 15 is 0 Å². The molecule has 4 heteroatoms. The van der Waals surface area contributed by atoms with E-state index in [1.165, 1.54) is 0 Å². The number of hydrogen-bond acceptors (Lipinski definition) is 3. The topological polar surface area (TPSA) is 41.3 Å². The Morgan fingerprint density at radius 1 is 1.41 bits per heavy atom. The van der Waals surface area contributed by atoms with Crippen LogP contribution in [0.25, 0.3) is 0 Å². The van der Waals surface area contributed by atoms with Crippen molar-refractivity contribution in [2.75, 3.05) is 19.6 Å². The highest BCUT2D eigenvalue weighted by Gasteiger charge is 2.35. The first-order valence-electron chi connectivity index (χ1n) is 6.44. The van der Waals surface area contributed by atoms with Crippen LogP contribution in [0.3, 0.4) is 0 Å². The number of aryl methyl sites for hydroxylation is 1. The molecular weight excluding hydrogens is 214 g/mol. The molecular formula is C13H23N3O. The molecule has 0 unspecified atom stereocenters. The first kappa shape index (κ1) is 12.6. The molecule has 1 N–H and O–H groups in total. The second-order valence-electron chi connectivity index (χ2n) is 5.60. The van der Waals surface area contributed by atoms with Gasteiger partial charge in [-0.3, -0.25) is 4.68 Å². The fourth-order valence-electron chi connectivity index (χ4n) is 2.54. The molecule has 2 heterocycles. The molecule has 0 bridgehead atoms. The Morgan fingerprint density at radius 3 is 2.53 bits per heavy atom. The standard InChI is InChI=1S/C13H23N3O/c1-11(2)10-16-8-5-13(17,6-9-16)12-4-7-15(3)14-12/h4,7,11,17H,5-6,8-10H2,1-3H3. The molecule has 96 valence electrons. The van der Waals surface area contributed by atoms with E-state index in [1.807, 2.05) is 19.3 Å². The second-order valence-corrected chi connectivity index (χ2v) is 5.60. The number of aliphatic hydroxyl groups is 1. The highest BCUT2D eigenvalue weighted by molar-refractivity contribution is 5.11. The molecule has 0 amide bonds. The molecule has 0 atom stereocenters. The molecule has 1 saturated heterocycles. The van der Waals surface area contributed by atoms with Gasteiger partial charge in [-0.05, 0) is 24.8 Å². The molecule has 4 nitrogen and oxygen atoms in total. The van der Waals surface area contributed by atoms with Gasteiger partial charge in [0, 0.05) is 32.9 Å². The van der Waals surface area contributed by atoms with Crippen LogP contribution < -0.4 is 0 Å². The van der Waals surface area contributed by atoms with Crippen molar-refractivity contribution in [2.45, 2.75) is 32.3 Å². The molecule has 1 aromatic heterocycles. The Bertz CT molecular complexity index is 364. The van der Waals surface area contributed by atoms with Crippen molar-refractivity contribution in [3.05, 3.63) is 18.0 Å². The van der Waals surface area contributed by atoms with Gasteiger partial charge < -0.3 is 10.0 Å². The predicted molar refractivity (Wildman–Crippen MR) is 67.6 cm³/mol. The van der Waals surface area contributed by atoms with E-state index in [4.69, 9.17) is 0 Å². The van der Waals surface area contributed by atoms with Crippen molar-refractivity contribution in [3.63, 3.8) is 0 Å². The van der Waals surface area contributed by atoms with Gasteiger partial charge in [0.1, 0.15) is 5.60 Å². The van der Waals surface area contributed by atoms with Crippen LogP contribution in [0.5, 0.6) is 0 Å². The van der Waals surface area contributed by atoms with Crippen molar-refractivity contribution < 1.29 is 5.11 Å². The summed E-state index contributed by atoms with van der Waals surface area (Å²) in [5.74, 6) is 0.691. The summed E-state index contributed by atoms with van der Waals surface area (Å²) < 4.78 is 1.76. The molecule has 0 saturated carbocycles. The lowest BCUT2D eigenvalue weighted by Gasteiger charge is -2.37. The van der Waals surface area contributed by atoms with E-state index in [2.05, 4.69) is 23.8 Å². The van der Waals surface area contributed by atoms with Crippen molar-refractivity contribution in [1.29, 1.82) is 0 Å². The van der Waals surface area contributed by atoms with Gasteiger partial charge in [-0.2, -0.15) is 5.10 Å². The normalized spacial score (nSPS) is 21.0. The lowest BCUT2D eigenvalue weighted by molar-refractivity contribution is -0.0316. The lowest BCUT2D eigenvalue weighted by Crippen LogP contribution is -2.44. The molecule has 0 radical (unpaired) electrons. The number of likely N-dealkylation sites (tertiary alicyclic amines) is 1. The Labute approximate surface area is 103 Å². The van der Waals surface area contributed by atoms with E-state index in [0.717, 1.165) is 38.2 Å². The van der Waals surface area contributed by atoms with Gasteiger partial charge in [0.15, 0.2) is 0 Å². The first-order valence-corrected chi connectivity index (χ1v) is 6.44. The van der Waals surface area contributed by atoms with Gasteiger partial charge >= 0.3 is 0 Å². The van der Waals surface area contributed by atoms with Crippen LogP contribution in [-0.4, -0.2) is 39.4 Å². The van der Waals surface area contributed by atoms with E-state index < -0.39 is 5.60 Å². The maximum absolute atomic E-state index is 10.6. The summed E-state index contributed by atoms with van der Waals surface area (Å²) in [4.78, 5) is 2.43. The molecule has 1 aliphatic rings. The maximum atomic E-state index is 10.6. The number of aromatic nitrogens is 2. The smallest absolute Gasteiger partial charge is 0.111 e. The maximum Gasteiger partial charge on any atom is 0.111 e. The van der Waals surface area contributed by atoms with Crippen LogP contribution in [0, 0.1) is 5.92 Å². The number of piperidine rings is 1. The highest BCUT2D eigenvalue weighted by Crippen LogP contribution is 2.31. The van der Waals surface area contributed by atoms with Crippen molar-refractivity contribution >= 4 is 0 Å². The van der Waals surface area contributed by atoms with Crippen LogP contribution >= 0.6 is 0 Å². The second kappa shape index (κ2) is 4.78. The van der Waals surface area contributed by atoms with Crippen LogP contribution in [-0.2, 0) is 12.6 Å². The van der Waals surface area contributed by atoms with Gasteiger partial charge in [-0.15, -0.1) is 0 Å². The third kappa shape index (κ3) is 2.87. The Morgan fingerprint density at radius 2 is 2.06 bits per heavy atom. The summed E-state index contributed by atoms with van der Waals surface area (Å²) in [6.45, 7) is 7.52. The molecule has 0 aromatic carbocycles. The molecule has 1 fully saturated rings. The monoisotopic (exact) mass is 237 g/mol. The minimum absolute atomic E-state index is 0.691. The fraction of sp³-hybridized carbons (Fsp3) is 0.769. The van der Waals surface area contributed by atoms with E-state index in [9.17, 15) is 5.11 Å². The number of hydrogen-bond donors (Lipinski definition) is 1. The average Bonchev–Trinajstić information content (AvgIpc) is 2.69. The van der Waals surface area contributed by atoms with Crippen molar-refractivity contribution in [2.24, 2.45) is 13.0 Å². The largest absolute Gasteiger partial charge is 0.383 e. The average molecular weight is 237 g/mol. The zero-order valence-electron chi connectivity index (χ0n) is 11.1. The molecule has 2 rings (SSSR count). The summed E-state index contributed by atoms with van der Waals surface area (Å²) in [5.41, 5.74) is 0.110.